The summed E-state index contributed by atoms with van der Waals surface area (Å²) in [4.78, 5) is 28.3. The zero-order valence-electron chi connectivity index (χ0n) is 21.3. The molecular formula is C30H31NO6. The molecule has 0 bridgehead atoms. The number of methoxy groups -OCH3 is 1. The highest BCUT2D eigenvalue weighted by atomic mass is 16.5. The van der Waals surface area contributed by atoms with Gasteiger partial charge in [-0.3, -0.25) is 9.59 Å². The fourth-order valence-electron chi connectivity index (χ4n) is 4.46. The Morgan fingerprint density at radius 1 is 0.919 bits per heavy atom. The van der Waals surface area contributed by atoms with E-state index in [-0.39, 0.29) is 17.9 Å². The van der Waals surface area contributed by atoms with Crippen LogP contribution in [0.1, 0.15) is 43.0 Å². The van der Waals surface area contributed by atoms with E-state index < -0.39 is 17.7 Å². The average molecular weight is 502 g/mol. The molecule has 192 valence electrons. The third-order valence-corrected chi connectivity index (χ3v) is 6.14. The summed E-state index contributed by atoms with van der Waals surface area (Å²) < 4.78 is 16.9. The first-order valence-corrected chi connectivity index (χ1v) is 12.3. The number of aliphatic hydroxyl groups is 1. The number of hydrogen-bond donors (Lipinski definition) is 1. The molecule has 1 atom stereocenters. The Hall–Kier alpha value is -4.26. The molecule has 3 aromatic rings. The van der Waals surface area contributed by atoms with Gasteiger partial charge in [0, 0.05) is 11.1 Å². The van der Waals surface area contributed by atoms with Gasteiger partial charge in [0.05, 0.1) is 38.5 Å². The first kappa shape index (κ1) is 25.8. The molecule has 0 aliphatic carbocycles. The summed E-state index contributed by atoms with van der Waals surface area (Å²) in [6.07, 6.45) is 0.834. The lowest BCUT2D eigenvalue weighted by Gasteiger charge is -2.26. The van der Waals surface area contributed by atoms with Crippen molar-refractivity contribution in [3.63, 3.8) is 0 Å². The standard InChI is InChI=1S/C30H31NO6/c1-4-16-37-24-14-9-12-21(18-24)28(32)26-27(20-11-8-13-23(17-20)36-5-2)31(30(34)29(26)33)19-22-10-6-7-15-25(22)35-3/h6-15,17-18,27,32H,4-5,16,19H2,1-3H3/b28-26-. The summed E-state index contributed by atoms with van der Waals surface area (Å²) in [5.41, 5.74) is 1.81. The predicted molar refractivity (Wildman–Crippen MR) is 141 cm³/mol. The molecule has 7 nitrogen and oxygen atoms in total. The van der Waals surface area contributed by atoms with Crippen LogP contribution in [0.3, 0.4) is 0 Å². The van der Waals surface area contributed by atoms with E-state index in [2.05, 4.69) is 0 Å². The first-order valence-electron chi connectivity index (χ1n) is 12.3. The Kier molecular flexibility index (Phi) is 8.13. The average Bonchev–Trinajstić information content (AvgIpc) is 3.17. The number of carbonyl (C=O) groups is 2. The number of ketones is 1. The number of para-hydroxylation sites is 1. The summed E-state index contributed by atoms with van der Waals surface area (Å²) in [5, 5.41) is 11.4. The minimum absolute atomic E-state index is 0.0150. The van der Waals surface area contributed by atoms with Crippen LogP contribution in [0, 0.1) is 0 Å². The fraction of sp³-hybridized carbons (Fsp3) is 0.267. The molecule has 4 rings (SSSR count). The molecular weight excluding hydrogens is 470 g/mol. The van der Waals surface area contributed by atoms with Gasteiger partial charge in [-0.25, -0.2) is 0 Å². The lowest BCUT2D eigenvalue weighted by atomic mass is 9.95. The van der Waals surface area contributed by atoms with Gasteiger partial charge < -0.3 is 24.2 Å². The predicted octanol–water partition coefficient (Wildman–Crippen LogP) is 5.50. The number of amides is 1. The van der Waals surface area contributed by atoms with Gasteiger partial charge in [-0.1, -0.05) is 49.4 Å². The minimum atomic E-state index is -0.828. The van der Waals surface area contributed by atoms with Crippen molar-refractivity contribution in [2.75, 3.05) is 20.3 Å². The van der Waals surface area contributed by atoms with Gasteiger partial charge in [0.15, 0.2) is 0 Å². The van der Waals surface area contributed by atoms with E-state index in [1.54, 1.807) is 43.5 Å². The molecule has 1 aliphatic rings. The lowest BCUT2D eigenvalue weighted by molar-refractivity contribution is -0.140. The van der Waals surface area contributed by atoms with Crippen molar-refractivity contribution < 1.29 is 28.9 Å². The van der Waals surface area contributed by atoms with Gasteiger partial charge in [0.2, 0.25) is 0 Å². The molecule has 1 saturated heterocycles. The second-order valence-electron chi connectivity index (χ2n) is 8.62. The molecule has 0 spiro atoms. The Bertz CT molecular complexity index is 1310. The zero-order valence-corrected chi connectivity index (χ0v) is 21.3. The summed E-state index contributed by atoms with van der Waals surface area (Å²) in [5.74, 6) is 0.0836. The molecule has 3 aromatic carbocycles. The SMILES string of the molecule is CCCOc1cccc(/C(O)=C2/C(=O)C(=O)N(Cc3ccccc3OC)C2c2cccc(OCC)c2)c1. The number of ether oxygens (including phenoxy) is 3. The van der Waals surface area contributed by atoms with Crippen LogP contribution in [0.4, 0.5) is 0 Å². The molecule has 1 amide bonds. The smallest absolute Gasteiger partial charge is 0.295 e. The van der Waals surface area contributed by atoms with Gasteiger partial charge in [-0.15, -0.1) is 0 Å². The van der Waals surface area contributed by atoms with Crippen LogP contribution in [-0.2, 0) is 16.1 Å². The maximum Gasteiger partial charge on any atom is 0.295 e. The number of likely N-dealkylation sites (tertiary alicyclic amines) is 1. The van der Waals surface area contributed by atoms with Crippen LogP contribution < -0.4 is 14.2 Å². The second-order valence-corrected chi connectivity index (χ2v) is 8.62. The van der Waals surface area contributed by atoms with E-state index in [9.17, 15) is 14.7 Å². The molecule has 1 N–H and O–H groups in total. The quantitative estimate of drug-likeness (QED) is 0.224. The monoisotopic (exact) mass is 501 g/mol. The molecule has 0 aromatic heterocycles. The van der Waals surface area contributed by atoms with Gasteiger partial charge >= 0.3 is 0 Å². The Morgan fingerprint density at radius 3 is 2.38 bits per heavy atom. The van der Waals surface area contributed by atoms with Crippen LogP contribution in [0.25, 0.3) is 5.76 Å². The molecule has 1 unspecified atom stereocenters. The normalized spacial score (nSPS) is 16.6. The molecule has 37 heavy (non-hydrogen) atoms. The Balaban J connectivity index is 1.85. The van der Waals surface area contributed by atoms with Gasteiger partial charge in [-0.2, -0.15) is 0 Å². The third kappa shape index (κ3) is 5.45. The number of benzene rings is 3. The van der Waals surface area contributed by atoms with Crippen molar-refractivity contribution in [2.45, 2.75) is 32.9 Å². The third-order valence-electron chi connectivity index (χ3n) is 6.14. The summed E-state index contributed by atoms with van der Waals surface area (Å²) in [7, 11) is 1.56. The van der Waals surface area contributed by atoms with Crippen molar-refractivity contribution in [3.8, 4) is 17.2 Å². The van der Waals surface area contributed by atoms with E-state index in [1.807, 2.05) is 50.2 Å². The molecule has 7 heteroatoms. The highest BCUT2D eigenvalue weighted by molar-refractivity contribution is 6.46. The number of carbonyl (C=O) groups excluding carboxylic acids is 2. The molecule has 1 fully saturated rings. The van der Waals surface area contributed by atoms with Crippen LogP contribution in [0.15, 0.2) is 78.4 Å². The fourth-order valence-corrected chi connectivity index (χ4v) is 4.46. The van der Waals surface area contributed by atoms with E-state index in [0.717, 1.165) is 12.0 Å². The van der Waals surface area contributed by atoms with Crippen molar-refractivity contribution >= 4 is 17.4 Å². The van der Waals surface area contributed by atoms with Crippen molar-refractivity contribution in [1.29, 1.82) is 0 Å². The number of hydrogen-bond acceptors (Lipinski definition) is 6. The van der Waals surface area contributed by atoms with E-state index in [0.29, 0.717) is 41.6 Å². The van der Waals surface area contributed by atoms with E-state index in [1.165, 1.54) is 4.90 Å². The number of Topliss-reactive ketones (excluding diaryl/α,β-unsaturated/α-hetero) is 1. The van der Waals surface area contributed by atoms with Crippen molar-refractivity contribution in [2.24, 2.45) is 0 Å². The summed E-state index contributed by atoms with van der Waals surface area (Å²) in [6, 6.07) is 20.6. The van der Waals surface area contributed by atoms with Crippen molar-refractivity contribution in [1.82, 2.24) is 4.90 Å². The Labute approximate surface area is 216 Å². The second kappa shape index (κ2) is 11.6. The van der Waals surface area contributed by atoms with Crippen LogP contribution in [0.5, 0.6) is 17.2 Å². The first-order chi connectivity index (χ1) is 18.0. The number of rotatable bonds is 10. The van der Waals surface area contributed by atoms with Gasteiger partial charge in [-0.05, 0) is 49.2 Å². The summed E-state index contributed by atoms with van der Waals surface area (Å²) in [6.45, 7) is 5.00. The van der Waals surface area contributed by atoms with Gasteiger partial charge in [0.1, 0.15) is 23.0 Å². The van der Waals surface area contributed by atoms with Crippen LogP contribution >= 0.6 is 0 Å². The maximum atomic E-state index is 13.4. The molecule has 1 aliphatic heterocycles. The minimum Gasteiger partial charge on any atom is -0.507 e. The highest BCUT2D eigenvalue weighted by Crippen LogP contribution is 2.42. The van der Waals surface area contributed by atoms with Gasteiger partial charge in [0.25, 0.3) is 11.7 Å². The lowest BCUT2D eigenvalue weighted by Crippen LogP contribution is -2.29. The topological polar surface area (TPSA) is 85.3 Å². The zero-order chi connectivity index (χ0) is 26.4. The van der Waals surface area contributed by atoms with E-state index >= 15 is 0 Å². The van der Waals surface area contributed by atoms with Crippen LogP contribution in [0.2, 0.25) is 0 Å². The molecule has 0 saturated carbocycles. The molecule has 1 heterocycles. The van der Waals surface area contributed by atoms with Crippen LogP contribution in [-0.4, -0.2) is 42.0 Å². The number of nitrogens with zero attached hydrogens (tertiary/aromatic N) is 1. The largest absolute Gasteiger partial charge is 0.507 e. The molecule has 0 radical (unpaired) electrons. The maximum absolute atomic E-state index is 13.4. The van der Waals surface area contributed by atoms with E-state index in [4.69, 9.17) is 14.2 Å². The Morgan fingerprint density at radius 2 is 1.65 bits per heavy atom. The number of aliphatic hydroxyl groups excluding tert-OH is 1. The highest BCUT2D eigenvalue weighted by Gasteiger charge is 2.46. The summed E-state index contributed by atoms with van der Waals surface area (Å²) >= 11 is 0. The van der Waals surface area contributed by atoms with Crippen molar-refractivity contribution in [3.05, 3.63) is 95.1 Å².